The van der Waals surface area contributed by atoms with Crippen LogP contribution in [0.2, 0.25) is 0 Å². The minimum atomic E-state index is -1.12. The van der Waals surface area contributed by atoms with Gasteiger partial charge in [-0.05, 0) is 24.0 Å². The largest absolute Gasteiger partial charge is 0.478 e. The van der Waals surface area contributed by atoms with Crippen molar-refractivity contribution in [3.63, 3.8) is 0 Å². The van der Waals surface area contributed by atoms with E-state index in [1.807, 2.05) is 12.1 Å². The highest BCUT2D eigenvalue weighted by molar-refractivity contribution is 6.06. The van der Waals surface area contributed by atoms with Crippen molar-refractivity contribution < 1.29 is 14.7 Å². The monoisotopic (exact) mass is 232 g/mol. The zero-order valence-corrected chi connectivity index (χ0v) is 10.0. The lowest BCUT2D eigenvalue weighted by molar-refractivity contribution is -0.131. The zero-order chi connectivity index (χ0) is 12.8. The highest BCUT2D eigenvalue weighted by Crippen LogP contribution is 2.10. The van der Waals surface area contributed by atoms with Crippen molar-refractivity contribution in [2.75, 3.05) is 0 Å². The second-order valence-corrected chi connectivity index (χ2v) is 4.33. The van der Waals surface area contributed by atoms with Crippen LogP contribution >= 0.6 is 0 Å². The summed E-state index contributed by atoms with van der Waals surface area (Å²) in [5, 5.41) is 8.41. The first-order valence-electron chi connectivity index (χ1n) is 5.53. The van der Waals surface area contributed by atoms with Gasteiger partial charge >= 0.3 is 5.97 Å². The number of aliphatic carboxylic acids is 1. The molecule has 1 aromatic carbocycles. The normalized spacial score (nSPS) is 11.0. The number of allylic oxidation sites excluding steroid dienone is 1. The summed E-state index contributed by atoms with van der Waals surface area (Å²) >= 11 is 0. The first-order chi connectivity index (χ1) is 7.99. The van der Waals surface area contributed by atoms with Gasteiger partial charge in [0.1, 0.15) is 0 Å². The van der Waals surface area contributed by atoms with Gasteiger partial charge in [0, 0.05) is 11.6 Å². The van der Waals surface area contributed by atoms with Crippen LogP contribution in [0, 0.1) is 5.92 Å². The summed E-state index contributed by atoms with van der Waals surface area (Å²) in [7, 11) is 0. The van der Waals surface area contributed by atoms with Crippen LogP contribution < -0.4 is 0 Å². The molecule has 0 saturated heterocycles. The Morgan fingerprint density at radius 3 is 2.24 bits per heavy atom. The van der Waals surface area contributed by atoms with E-state index in [4.69, 9.17) is 5.11 Å². The van der Waals surface area contributed by atoms with Crippen LogP contribution in [-0.2, 0) is 11.2 Å². The number of carboxylic acid groups (broad SMARTS) is 1. The van der Waals surface area contributed by atoms with Gasteiger partial charge in [-0.1, -0.05) is 38.1 Å². The van der Waals surface area contributed by atoms with Crippen molar-refractivity contribution in [2.24, 2.45) is 5.92 Å². The van der Waals surface area contributed by atoms with Crippen LogP contribution in [-0.4, -0.2) is 16.9 Å². The van der Waals surface area contributed by atoms with Crippen LogP contribution in [0.5, 0.6) is 0 Å². The average molecular weight is 232 g/mol. The maximum Gasteiger partial charge on any atom is 0.328 e. The fourth-order valence-corrected chi connectivity index (χ4v) is 1.52. The van der Waals surface area contributed by atoms with E-state index < -0.39 is 5.97 Å². The zero-order valence-electron chi connectivity index (χ0n) is 10.0. The molecule has 0 aliphatic heterocycles. The van der Waals surface area contributed by atoms with Gasteiger partial charge in [0.25, 0.3) is 0 Å². The van der Waals surface area contributed by atoms with Crippen LogP contribution in [0.3, 0.4) is 0 Å². The number of carbonyl (C=O) groups excluding carboxylic acids is 1. The third kappa shape index (κ3) is 4.64. The lowest BCUT2D eigenvalue weighted by Gasteiger charge is -2.04. The summed E-state index contributed by atoms with van der Waals surface area (Å²) in [5.41, 5.74) is 1.69. The summed E-state index contributed by atoms with van der Waals surface area (Å²) in [5.74, 6) is -0.832. The SMILES string of the molecule is CC(C)Cc1ccc(C(=O)/C=C/C(=O)O)cc1. The molecule has 17 heavy (non-hydrogen) atoms. The second kappa shape index (κ2) is 5.99. The molecule has 0 fully saturated rings. The third-order valence-corrected chi connectivity index (χ3v) is 2.26. The van der Waals surface area contributed by atoms with E-state index in [0.717, 1.165) is 18.6 Å². The van der Waals surface area contributed by atoms with Crippen molar-refractivity contribution in [3.8, 4) is 0 Å². The molecule has 3 heteroatoms. The Morgan fingerprint density at radius 2 is 1.76 bits per heavy atom. The van der Waals surface area contributed by atoms with Crippen LogP contribution in [0.1, 0.15) is 29.8 Å². The van der Waals surface area contributed by atoms with Crippen LogP contribution in [0.15, 0.2) is 36.4 Å². The Morgan fingerprint density at radius 1 is 1.18 bits per heavy atom. The fourth-order valence-electron chi connectivity index (χ4n) is 1.52. The predicted octanol–water partition coefficient (Wildman–Crippen LogP) is 2.71. The highest BCUT2D eigenvalue weighted by Gasteiger charge is 2.03. The van der Waals surface area contributed by atoms with Gasteiger partial charge < -0.3 is 5.11 Å². The number of hydrogen-bond acceptors (Lipinski definition) is 2. The molecule has 0 bridgehead atoms. The molecule has 1 aromatic rings. The van der Waals surface area contributed by atoms with Crippen molar-refractivity contribution in [3.05, 3.63) is 47.5 Å². The number of carbonyl (C=O) groups is 2. The molecule has 0 heterocycles. The smallest absolute Gasteiger partial charge is 0.328 e. The van der Waals surface area contributed by atoms with Gasteiger partial charge in [0.05, 0.1) is 0 Å². The Bertz CT molecular complexity index is 427. The predicted molar refractivity (Wildman–Crippen MR) is 66.1 cm³/mol. The topological polar surface area (TPSA) is 54.4 Å². The Labute approximate surface area is 101 Å². The minimum absolute atomic E-state index is 0.288. The fraction of sp³-hybridized carbons (Fsp3) is 0.286. The molecule has 90 valence electrons. The van der Waals surface area contributed by atoms with Gasteiger partial charge in [-0.25, -0.2) is 4.79 Å². The van der Waals surface area contributed by atoms with Gasteiger partial charge in [0.2, 0.25) is 0 Å². The maximum atomic E-state index is 11.5. The van der Waals surface area contributed by atoms with E-state index in [1.54, 1.807) is 12.1 Å². The first-order valence-corrected chi connectivity index (χ1v) is 5.53. The van der Waals surface area contributed by atoms with Crippen molar-refractivity contribution in [2.45, 2.75) is 20.3 Å². The Hall–Kier alpha value is -1.90. The molecule has 0 spiro atoms. The third-order valence-electron chi connectivity index (χ3n) is 2.26. The molecular weight excluding hydrogens is 216 g/mol. The van der Waals surface area contributed by atoms with E-state index in [2.05, 4.69) is 13.8 Å². The Balaban J connectivity index is 2.73. The van der Waals surface area contributed by atoms with E-state index in [0.29, 0.717) is 11.5 Å². The van der Waals surface area contributed by atoms with Gasteiger partial charge in [-0.3, -0.25) is 4.79 Å². The van der Waals surface area contributed by atoms with Crippen molar-refractivity contribution in [1.29, 1.82) is 0 Å². The molecule has 0 radical (unpaired) electrons. The molecular formula is C14H16O3. The number of carboxylic acids is 1. The average Bonchev–Trinajstić information content (AvgIpc) is 2.26. The molecule has 0 aliphatic carbocycles. The van der Waals surface area contributed by atoms with Crippen molar-refractivity contribution >= 4 is 11.8 Å². The molecule has 0 saturated carbocycles. The van der Waals surface area contributed by atoms with Gasteiger partial charge in [0.15, 0.2) is 5.78 Å². The maximum absolute atomic E-state index is 11.5. The lowest BCUT2D eigenvalue weighted by atomic mass is 10.0. The quantitative estimate of drug-likeness (QED) is 0.627. The molecule has 3 nitrogen and oxygen atoms in total. The molecule has 1 N–H and O–H groups in total. The molecule has 1 rings (SSSR count). The van der Waals surface area contributed by atoms with E-state index in [9.17, 15) is 9.59 Å². The van der Waals surface area contributed by atoms with Gasteiger partial charge in [-0.2, -0.15) is 0 Å². The number of benzene rings is 1. The summed E-state index contributed by atoms with van der Waals surface area (Å²) < 4.78 is 0. The van der Waals surface area contributed by atoms with E-state index >= 15 is 0 Å². The van der Waals surface area contributed by atoms with Crippen LogP contribution in [0.25, 0.3) is 0 Å². The lowest BCUT2D eigenvalue weighted by Crippen LogP contribution is -1.98. The summed E-state index contributed by atoms with van der Waals surface area (Å²) in [6.07, 6.45) is 2.89. The standard InChI is InChI=1S/C14H16O3/c1-10(2)9-11-3-5-12(6-4-11)13(15)7-8-14(16)17/h3-8,10H,9H2,1-2H3,(H,16,17)/b8-7+. The van der Waals surface area contributed by atoms with Gasteiger partial charge in [-0.15, -0.1) is 0 Å². The Kier molecular flexibility index (Phi) is 4.64. The molecule has 0 unspecified atom stereocenters. The van der Waals surface area contributed by atoms with Crippen LogP contribution in [0.4, 0.5) is 0 Å². The number of ketones is 1. The van der Waals surface area contributed by atoms with E-state index in [1.165, 1.54) is 5.56 Å². The first kappa shape index (κ1) is 13.2. The summed E-state index contributed by atoms with van der Waals surface area (Å²) in [6.45, 7) is 4.27. The molecule has 0 atom stereocenters. The number of hydrogen-bond donors (Lipinski definition) is 1. The molecule has 0 aliphatic rings. The number of rotatable bonds is 5. The second-order valence-electron chi connectivity index (χ2n) is 4.33. The van der Waals surface area contributed by atoms with Crippen molar-refractivity contribution in [1.82, 2.24) is 0 Å². The molecule has 0 aromatic heterocycles. The minimum Gasteiger partial charge on any atom is -0.478 e. The molecule has 0 amide bonds. The summed E-state index contributed by atoms with van der Waals surface area (Å²) in [4.78, 5) is 21.8. The highest BCUT2D eigenvalue weighted by atomic mass is 16.4. The summed E-state index contributed by atoms with van der Waals surface area (Å²) in [6, 6.07) is 7.27. The van der Waals surface area contributed by atoms with E-state index in [-0.39, 0.29) is 5.78 Å².